The third kappa shape index (κ3) is 30.5. The molecule has 0 bridgehead atoms. The van der Waals surface area contributed by atoms with Gasteiger partial charge in [0.05, 0.1) is 6.61 Å². The fraction of sp³-hybridized carbons (Fsp3) is 0.812. The molecule has 36 heavy (non-hydrogen) atoms. The van der Waals surface area contributed by atoms with Crippen LogP contribution < -0.4 is 0 Å². The molecule has 0 aliphatic heterocycles. The Hall–Kier alpha value is -1.58. The van der Waals surface area contributed by atoms with E-state index in [0.717, 1.165) is 19.3 Å². The third-order valence-electron chi connectivity index (χ3n) is 6.43. The SMILES string of the molecule is C=C(C)C(=O)OCCCCCCCCCCCC.CCCCCCCCCCCCC=C(C)C(=O)O. The number of rotatable bonds is 24. The van der Waals surface area contributed by atoms with E-state index < -0.39 is 5.97 Å². The van der Waals surface area contributed by atoms with Gasteiger partial charge in [0.25, 0.3) is 0 Å². The quantitative estimate of drug-likeness (QED) is 0.0800. The molecule has 212 valence electrons. The van der Waals surface area contributed by atoms with E-state index >= 15 is 0 Å². The molecule has 0 heterocycles. The topological polar surface area (TPSA) is 63.6 Å². The van der Waals surface area contributed by atoms with Gasteiger partial charge in [-0.25, -0.2) is 9.59 Å². The minimum Gasteiger partial charge on any atom is -0.478 e. The van der Waals surface area contributed by atoms with Gasteiger partial charge in [0.2, 0.25) is 0 Å². The Morgan fingerprint density at radius 1 is 0.639 bits per heavy atom. The highest BCUT2D eigenvalue weighted by Crippen LogP contribution is 2.12. The predicted molar refractivity (Wildman–Crippen MR) is 155 cm³/mol. The van der Waals surface area contributed by atoms with Gasteiger partial charge in [0.15, 0.2) is 0 Å². The van der Waals surface area contributed by atoms with Crippen molar-refractivity contribution in [2.45, 2.75) is 163 Å². The van der Waals surface area contributed by atoms with Crippen molar-refractivity contribution in [1.29, 1.82) is 0 Å². The number of hydrogen-bond acceptors (Lipinski definition) is 3. The molecule has 0 amide bonds. The number of unbranched alkanes of at least 4 members (excludes halogenated alkanes) is 19. The van der Waals surface area contributed by atoms with Crippen molar-refractivity contribution in [2.24, 2.45) is 0 Å². The average Bonchev–Trinajstić information content (AvgIpc) is 2.85. The summed E-state index contributed by atoms with van der Waals surface area (Å²) in [4.78, 5) is 21.6. The molecule has 0 atom stereocenters. The monoisotopic (exact) mass is 508 g/mol. The van der Waals surface area contributed by atoms with Crippen LogP contribution in [-0.4, -0.2) is 23.7 Å². The second kappa shape index (κ2) is 29.6. The molecule has 0 saturated carbocycles. The number of carboxylic acid groups (broad SMARTS) is 1. The molecule has 0 radical (unpaired) electrons. The van der Waals surface area contributed by atoms with Crippen molar-refractivity contribution in [2.75, 3.05) is 6.61 Å². The average molecular weight is 509 g/mol. The van der Waals surface area contributed by atoms with Gasteiger partial charge < -0.3 is 9.84 Å². The van der Waals surface area contributed by atoms with Crippen molar-refractivity contribution >= 4 is 11.9 Å². The summed E-state index contributed by atoms with van der Waals surface area (Å²) in [5.41, 5.74) is 0.966. The summed E-state index contributed by atoms with van der Waals surface area (Å²) in [6.07, 6.45) is 29.0. The molecule has 1 N–H and O–H groups in total. The molecule has 0 aliphatic carbocycles. The van der Waals surface area contributed by atoms with Crippen LogP contribution >= 0.6 is 0 Å². The van der Waals surface area contributed by atoms with Crippen molar-refractivity contribution < 1.29 is 19.4 Å². The number of esters is 1. The maximum atomic E-state index is 11.1. The number of ether oxygens (including phenoxy) is 1. The van der Waals surface area contributed by atoms with E-state index in [1.165, 1.54) is 116 Å². The maximum absolute atomic E-state index is 11.1. The summed E-state index contributed by atoms with van der Waals surface area (Å²) in [6.45, 7) is 11.9. The lowest BCUT2D eigenvalue weighted by Crippen LogP contribution is -2.05. The summed E-state index contributed by atoms with van der Waals surface area (Å²) in [5, 5.41) is 8.68. The van der Waals surface area contributed by atoms with Crippen molar-refractivity contribution in [1.82, 2.24) is 0 Å². The van der Waals surface area contributed by atoms with E-state index in [9.17, 15) is 9.59 Å². The van der Waals surface area contributed by atoms with E-state index in [1.807, 2.05) is 6.08 Å². The first kappa shape index (κ1) is 36.6. The fourth-order valence-electron chi connectivity index (χ4n) is 3.92. The van der Waals surface area contributed by atoms with Crippen molar-refractivity contribution in [3.05, 3.63) is 23.8 Å². The molecule has 0 spiro atoms. The van der Waals surface area contributed by atoms with Crippen LogP contribution in [0.2, 0.25) is 0 Å². The van der Waals surface area contributed by atoms with Gasteiger partial charge in [-0.1, -0.05) is 142 Å². The molecule has 0 aliphatic rings. The zero-order chi connectivity index (χ0) is 27.3. The van der Waals surface area contributed by atoms with Gasteiger partial charge in [-0.2, -0.15) is 0 Å². The number of carbonyl (C=O) groups is 2. The number of aliphatic carboxylic acids is 1. The number of allylic oxidation sites excluding steroid dienone is 1. The largest absolute Gasteiger partial charge is 0.478 e. The Morgan fingerprint density at radius 2 is 1.00 bits per heavy atom. The van der Waals surface area contributed by atoms with Crippen LogP contribution in [0.5, 0.6) is 0 Å². The minimum atomic E-state index is -0.790. The summed E-state index contributed by atoms with van der Waals surface area (Å²) < 4.78 is 5.04. The summed E-state index contributed by atoms with van der Waals surface area (Å²) in [6, 6.07) is 0. The van der Waals surface area contributed by atoms with Crippen molar-refractivity contribution in [3.63, 3.8) is 0 Å². The molecular weight excluding hydrogens is 448 g/mol. The van der Waals surface area contributed by atoms with Gasteiger partial charge in [-0.15, -0.1) is 0 Å². The molecule has 0 aromatic carbocycles. The van der Waals surface area contributed by atoms with E-state index in [4.69, 9.17) is 9.84 Å². The smallest absolute Gasteiger partial charge is 0.333 e. The summed E-state index contributed by atoms with van der Waals surface area (Å²) in [7, 11) is 0. The molecule has 4 nitrogen and oxygen atoms in total. The van der Waals surface area contributed by atoms with Crippen LogP contribution in [0.4, 0.5) is 0 Å². The molecule has 0 aromatic rings. The van der Waals surface area contributed by atoms with Crippen LogP contribution in [-0.2, 0) is 14.3 Å². The highest BCUT2D eigenvalue weighted by atomic mass is 16.5. The summed E-state index contributed by atoms with van der Waals surface area (Å²) >= 11 is 0. The highest BCUT2D eigenvalue weighted by molar-refractivity contribution is 5.86. The zero-order valence-electron chi connectivity index (χ0n) is 24.5. The molecule has 4 heteroatoms. The zero-order valence-corrected chi connectivity index (χ0v) is 24.5. The van der Waals surface area contributed by atoms with E-state index in [-0.39, 0.29) is 5.97 Å². The normalized spacial score (nSPS) is 11.1. The van der Waals surface area contributed by atoms with Crippen molar-refractivity contribution in [3.8, 4) is 0 Å². The lowest BCUT2D eigenvalue weighted by Gasteiger charge is -2.04. The second-order valence-corrected chi connectivity index (χ2v) is 10.3. The first-order chi connectivity index (χ1) is 17.4. The minimum absolute atomic E-state index is 0.258. The molecule has 0 fully saturated rings. The number of carboxylic acids is 1. The Morgan fingerprint density at radius 3 is 1.36 bits per heavy atom. The van der Waals surface area contributed by atoms with Crippen LogP contribution in [0.15, 0.2) is 23.8 Å². The molecule has 0 unspecified atom stereocenters. The summed E-state index contributed by atoms with van der Waals surface area (Å²) in [5.74, 6) is -1.05. The Bertz CT molecular complexity index is 550. The van der Waals surface area contributed by atoms with Crippen LogP contribution in [0.1, 0.15) is 163 Å². The second-order valence-electron chi connectivity index (χ2n) is 10.3. The Kier molecular flexibility index (Phi) is 30.1. The maximum Gasteiger partial charge on any atom is 0.333 e. The molecule has 0 saturated heterocycles. The molecule has 0 aromatic heterocycles. The van der Waals surface area contributed by atoms with E-state index in [1.54, 1.807) is 13.8 Å². The fourth-order valence-corrected chi connectivity index (χ4v) is 3.92. The van der Waals surface area contributed by atoms with Crippen LogP contribution in [0.25, 0.3) is 0 Å². The van der Waals surface area contributed by atoms with Gasteiger partial charge in [-0.3, -0.25) is 0 Å². The molecular formula is C32H60O4. The number of carbonyl (C=O) groups excluding carboxylic acids is 1. The molecule has 0 rings (SSSR count). The Balaban J connectivity index is 0. The van der Waals surface area contributed by atoms with Gasteiger partial charge >= 0.3 is 11.9 Å². The van der Waals surface area contributed by atoms with Crippen LogP contribution in [0, 0.1) is 0 Å². The van der Waals surface area contributed by atoms with E-state index in [0.29, 0.717) is 17.8 Å². The lowest BCUT2D eigenvalue weighted by molar-refractivity contribution is -0.139. The van der Waals surface area contributed by atoms with Crippen LogP contribution in [0.3, 0.4) is 0 Å². The van der Waals surface area contributed by atoms with E-state index in [2.05, 4.69) is 20.4 Å². The predicted octanol–water partition coefficient (Wildman–Crippen LogP) is 10.4. The van der Waals surface area contributed by atoms with Gasteiger partial charge in [0.1, 0.15) is 0 Å². The third-order valence-corrected chi connectivity index (χ3v) is 6.43. The first-order valence-corrected chi connectivity index (χ1v) is 15.1. The number of hydrogen-bond donors (Lipinski definition) is 1. The Labute approximate surface area is 224 Å². The lowest BCUT2D eigenvalue weighted by atomic mass is 10.1. The highest BCUT2D eigenvalue weighted by Gasteiger charge is 2.01. The van der Waals surface area contributed by atoms with Gasteiger partial charge in [0, 0.05) is 11.1 Å². The van der Waals surface area contributed by atoms with Gasteiger partial charge in [-0.05, 0) is 33.1 Å². The first-order valence-electron chi connectivity index (χ1n) is 15.1. The standard InChI is InChI=1S/2C16H30O2/c1-4-5-6-7-8-9-10-11-12-13-14-18-16(17)15(2)3;1-3-4-5-6-7-8-9-10-11-12-13-14-15(2)16(17)18/h2,4-14H2,1,3H3;14H,3-13H2,1-2H3,(H,17,18).